The number of hydrogen-bond donors (Lipinski definition) is 0. The van der Waals surface area contributed by atoms with Gasteiger partial charge in [-0.2, -0.15) is 0 Å². The van der Waals surface area contributed by atoms with Gasteiger partial charge in [0.15, 0.2) is 5.78 Å². The van der Waals surface area contributed by atoms with E-state index in [1.54, 1.807) is 0 Å². The van der Waals surface area contributed by atoms with Crippen molar-refractivity contribution in [3.8, 4) is 0 Å². The van der Waals surface area contributed by atoms with Crippen LogP contribution in [-0.2, 0) is 14.3 Å². The smallest absolute Gasteiger partial charge is 0.195 e. The average molecular weight is 142 g/mol. The van der Waals surface area contributed by atoms with Crippen LogP contribution < -0.4 is 0 Å². The molecule has 0 aromatic heterocycles. The van der Waals surface area contributed by atoms with E-state index in [2.05, 4.69) is 0 Å². The van der Waals surface area contributed by atoms with Crippen LogP contribution in [0.4, 0.5) is 0 Å². The van der Waals surface area contributed by atoms with Crippen molar-refractivity contribution in [1.29, 1.82) is 0 Å². The second-order valence-corrected chi connectivity index (χ2v) is 2.93. The van der Waals surface area contributed by atoms with Crippen LogP contribution in [0.3, 0.4) is 0 Å². The van der Waals surface area contributed by atoms with Gasteiger partial charge in [-0.1, -0.05) is 0 Å². The minimum Gasteiger partial charge on any atom is -0.361 e. The largest absolute Gasteiger partial charge is 0.361 e. The van der Waals surface area contributed by atoms with Crippen molar-refractivity contribution in [3.05, 3.63) is 0 Å². The molecule has 0 unspecified atom stereocenters. The number of Topliss-reactive ketones (excluding diaryl/α,β-unsaturated/α-hetero) is 1. The summed E-state index contributed by atoms with van der Waals surface area (Å²) in [6, 6.07) is 0. The molecule has 2 aliphatic rings. The Morgan fingerprint density at radius 3 is 1.60 bits per heavy atom. The van der Waals surface area contributed by atoms with Crippen molar-refractivity contribution in [1.82, 2.24) is 0 Å². The second kappa shape index (κ2) is 1.80. The predicted octanol–water partition coefficient (Wildman–Crippen LogP) is 0.130. The third-order valence-electron chi connectivity index (χ3n) is 1.98. The minimum atomic E-state index is -0.157. The van der Waals surface area contributed by atoms with Crippen molar-refractivity contribution in [2.75, 3.05) is 0 Å². The molecule has 0 N–H and O–H groups in total. The molecule has 0 amide bonds. The average Bonchev–Trinajstić information content (AvgIpc) is 2.70. The summed E-state index contributed by atoms with van der Waals surface area (Å²) in [5.41, 5.74) is 0. The fraction of sp³-hybridized carbons (Fsp3) is 0.857. The van der Waals surface area contributed by atoms with Gasteiger partial charge in [-0.05, 0) is 13.8 Å². The highest BCUT2D eigenvalue weighted by Gasteiger charge is 2.52. The number of carbonyl (C=O) groups excluding carboxylic acids is 1. The molecular formula is C7H10O3. The van der Waals surface area contributed by atoms with Gasteiger partial charge in [0.2, 0.25) is 0 Å². The second-order valence-electron chi connectivity index (χ2n) is 2.93. The Morgan fingerprint density at radius 2 is 1.40 bits per heavy atom. The van der Waals surface area contributed by atoms with Gasteiger partial charge in [-0.15, -0.1) is 0 Å². The fourth-order valence-corrected chi connectivity index (χ4v) is 1.13. The Morgan fingerprint density at radius 1 is 1.10 bits per heavy atom. The molecular weight excluding hydrogens is 132 g/mol. The molecule has 0 aliphatic carbocycles. The first-order valence-electron chi connectivity index (χ1n) is 3.55. The third kappa shape index (κ3) is 0.859. The SMILES string of the molecule is C[C@H]1O[C@H]1C(=O)[C@@H]1O[C@@H]1C. The highest BCUT2D eigenvalue weighted by atomic mass is 16.6. The number of carbonyl (C=O) groups is 1. The first kappa shape index (κ1) is 6.31. The standard InChI is InChI=1S/C7H10O3/c1-3-6(9-3)5(8)7-4(2)10-7/h3-4,6-7H,1-2H3/t3-,4-,6-,7-/m1/s1. The van der Waals surface area contributed by atoms with Gasteiger partial charge >= 0.3 is 0 Å². The van der Waals surface area contributed by atoms with Crippen molar-refractivity contribution in [2.45, 2.75) is 38.3 Å². The summed E-state index contributed by atoms with van der Waals surface area (Å²) in [5, 5.41) is 0. The van der Waals surface area contributed by atoms with Crippen LogP contribution in [0.25, 0.3) is 0 Å². The van der Waals surface area contributed by atoms with Crippen molar-refractivity contribution in [3.63, 3.8) is 0 Å². The van der Waals surface area contributed by atoms with Gasteiger partial charge in [-0.3, -0.25) is 4.79 Å². The summed E-state index contributed by atoms with van der Waals surface area (Å²) >= 11 is 0. The van der Waals surface area contributed by atoms with Gasteiger partial charge < -0.3 is 9.47 Å². The first-order valence-corrected chi connectivity index (χ1v) is 3.55. The molecule has 2 heterocycles. The van der Waals surface area contributed by atoms with Crippen LogP contribution in [0.5, 0.6) is 0 Å². The Bertz CT molecular complexity index is 160. The van der Waals surface area contributed by atoms with Crippen LogP contribution in [0.2, 0.25) is 0 Å². The highest BCUT2D eigenvalue weighted by Crippen LogP contribution is 2.31. The topological polar surface area (TPSA) is 42.1 Å². The molecule has 0 aromatic rings. The number of ether oxygens (including phenoxy) is 2. The van der Waals surface area contributed by atoms with E-state index in [4.69, 9.17) is 9.47 Å². The third-order valence-corrected chi connectivity index (χ3v) is 1.98. The molecule has 0 bridgehead atoms. The lowest BCUT2D eigenvalue weighted by molar-refractivity contribution is -0.121. The molecule has 2 fully saturated rings. The van der Waals surface area contributed by atoms with E-state index < -0.39 is 0 Å². The molecule has 4 atom stereocenters. The number of rotatable bonds is 2. The van der Waals surface area contributed by atoms with Gasteiger partial charge in [0.1, 0.15) is 12.2 Å². The maximum absolute atomic E-state index is 11.1. The molecule has 10 heavy (non-hydrogen) atoms. The summed E-state index contributed by atoms with van der Waals surface area (Å²) in [4.78, 5) is 11.1. The van der Waals surface area contributed by atoms with E-state index in [1.807, 2.05) is 13.8 Å². The van der Waals surface area contributed by atoms with Crippen LogP contribution in [0, 0.1) is 0 Å². The van der Waals surface area contributed by atoms with E-state index >= 15 is 0 Å². The zero-order chi connectivity index (χ0) is 7.30. The van der Waals surface area contributed by atoms with E-state index in [0.29, 0.717) is 0 Å². The molecule has 3 heteroatoms. The van der Waals surface area contributed by atoms with E-state index in [0.717, 1.165) is 0 Å². The molecule has 0 aromatic carbocycles. The lowest BCUT2D eigenvalue weighted by Gasteiger charge is -1.84. The lowest BCUT2D eigenvalue weighted by atomic mass is 10.1. The Balaban J connectivity index is 1.89. The zero-order valence-electron chi connectivity index (χ0n) is 6.03. The first-order chi connectivity index (χ1) is 4.70. The van der Waals surface area contributed by atoms with Crippen molar-refractivity contribution < 1.29 is 14.3 Å². The Hall–Kier alpha value is -0.410. The van der Waals surface area contributed by atoms with Gasteiger partial charge in [0.25, 0.3) is 0 Å². The fourth-order valence-electron chi connectivity index (χ4n) is 1.13. The summed E-state index contributed by atoms with van der Waals surface area (Å²) in [7, 11) is 0. The molecule has 0 spiro atoms. The summed E-state index contributed by atoms with van der Waals surface area (Å²) in [6.07, 6.45) is -0.0577. The summed E-state index contributed by atoms with van der Waals surface area (Å²) < 4.78 is 10.00. The van der Waals surface area contributed by atoms with Crippen molar-refractivity contribution >= 4 is 5.78 Å². The Kier molecular flexibility index (Phi) is 1.13. The van der Waals surface area contributed by atoms with Crippen LogP contribution in [0.1, 0.15) is 13.8 Å². The number of hydrogen-bond acceptors (Lipinski definition) is 3. The molecule has 2 rings (SSSR count). The van der Waals surface area contributed by atoms with Crippen LogP contribution >= 0.6 is 0 Å². The molecule has 2 saturated heterocycles. The zero-order valence-corrected chi connectivity index (χ0v) is 6.03. The van der Waals surface area contributed by atoms with E-state index in [1.165, 1.54) is 0 Å². The predicted molar refractivity (Wildman–Crippen MR) is 33.7 cm³/mol. The number of ketones is 1. The molecule has 3 nitrogen and oxygen atoms in total. The monoisotopic (exact) mass is 142 g/mol. The van der Waals surface area contributed by atoms with E-state index in [9.17, 15) is 4.79 Å². The van der Waals surface area contributed by atoms with Gasteiger partial charge in [0, 0.05) is 0 Å². The quantitative estimate of drug-likeness (QED) is 0.514. The highest BCUT2D eigenvalue weighted by molar-refractivity contribution is 5.92. The maximum Gasteiger partial charge on any atom is 0.195 e. The lowest BCUT2D eigenvalue weighted by Crippen LogP contribution is -2.16. The summed E-state index contributed by atoms with van der Waals surface area (Å²) in [6.45, 7) is 3.80. The summed E-state index contributed by atoms with van der Waals surface area (Å²) in [5.74, 6) is 0.125. The molecule has 56 valence electrons. The minimum absolute atomic E-state index is 0.125. The molecule has 0 saturated carbocycles. The molecule has 2 aliphatic heterocycles. The van der Waals surface area contributed by atoms with Crippen LogP contribution in [-0.4, -0.2) is 30.2 Å². The normalized spacial score (nSPS) is 50.6. The Labute approximate surface area is 59.3 Å². The van der Waals surface area contributed by atoms with Crippen molar-refractivity contribution in [2.24, 2.45) is 0 Å². The van der Waals surface area contributed by atoms with E-state index in [-0.39, 0.29) is 30.2 Å². The maximum atomic E-state index is 11.1. The van der Waals surface area contributed by atoms with Gasteiger partial charge in [0.05, 0.1) is 12.2 Å². The molecule has 0 radical (unpaired) electrons. The number of epoxide rings is 2. The van der Waals surface area contributed by atoms with Gasteiger partial charge in [-0.25, -0.2) is 0 Å². The van der Waals surface area contributed by atoms with Crippen LogP contribution in [0.15, 0.2) is 0 Å².